The summed E-state index contributed by atoms with van der Waals surface area (Å²) < 4.78 is 8.52. The Morgan fingerprint density at radius 1 is 1.23 bits per heavy atom. The van der Waals surface area contributed by atoms with Crippen LogP contribution in [0.25, 0.3) is 16.6 Å². The smallest absolute Gasteiger partial charge is 0.408 e. The Balaban J connectivity index is 1.54. The number of fused-ring (bicyclic) bond motifs is 2. The fourth-order valence-corrected chi connectivity index (χ4v) is 3.25. The number of anilines is 1. The normalized spacial score (nSPS) is 14.2. The summed E-state index contributed by atoms with van der Waals surface area (Å²) in [5, 5.41) is 2.88. The summed E-state index contributed by atoms with van der Waals surface area (Å²) in [5.74, 6) is 0.674. The Morgan fingerprint density at radius 3 is 2.88 bits per heavy atom. The SMILES string of the molecule is Cn1c(=O)oc2ccc(NC(=O)c3nc(C4CC4)n4ccccc34)cc21. The quantitative estimate of drug-likeness (QED) is 0.617. The molecule has 0 bridgehead atoms. The zero-order chi connectivity index (χ0) is 17.8. The number of carbonyl (C=O) groups excluding carboxylic acids is 1. The Bertz CT molecular complexity index is 1230. The number of nitrogens with zero attached hydrogens (tertiary/aromatic N) is 3. The Morgan fingerprint density at radius 2 is 2.08 bits per heavy atom. The first-order valence-electron chi connectivity index (χ1n) is 8.50. The van der Waals surface area contributed by atoms with E-state index in [4.69, 9.17) is 4.42 Å². The lowest BCUT2D eigenvalue weighted by Crippen LogP contribution is -2.13. The number of benzene rings is 1. The van der Waals surface area contributed by atoms with Gasteiger partial charge in [-0.05, 0) is 43.2 Å². The fraction of sp³-hybridized carbons (Fsp3) is 0.211. The zero-order valence-electron chi connectivity index (χ0n) is 14.1. The first kappa shape index (κ1) is 14.9. The topological polar surface area (TPSA) is 81.5 Å². The number of imidazole rings is 1. The van der Waals surface area contributed by atoms with Crippen molar-refractivity contribution in [1.29, 1.82) is 0 Å². The molecular formula is C19H16N4O3. The molecule has 1 fully saturated rings. The molecule has 0 aliphatic heterocycles. The number of aryl methyl sites for hydroxylation is 1. The summed E-state index contributed by atoms with van der Waals surface area (Å²) >= 11 is 0. The van der Waals surface area contributed by atoms with E-state index in [1.807, 2.05) is 28.8 Å². The first-order chi connectivity index (χ1) is 12.6. The van der Waals surface area contributed by atoms with Crippen molar-refractivity contribution < 1.29 is 9.21 Å². The van der Waals surface area contributed by atoms with E-state index in [1.165, 1.54) is 4.57 Å². The van der Waals surface area contributed by atoms with Gasteiger partial charge in [0.05, 0.1) is 11.0 Å². The van der Waals surface area contributed by atoms with Gasteiger partial charge in [0, 0.05) is 24.8 Å². The number of pyridine rings is 1. The van der Waals surface area contributed by atoms with Crippen LogP contribution in [0.1, 0.15) is 35.1 Å². The Kier molecular flexibility index (Phi) is 3.06. The Hall–Kier alpha value is -3.35. The minimum Gasteiger partial charge on any atom is -0.408 e. The summed E-state index contributed by atoms with van der Waals surface area (Å²) in [6.45, 7) is 0. The lowest BCUT2D eigenvalue weighted by atomic mass is 10.2. The van der Waals surface area contributed by atoms with E-state index in [0.717, 1.165) is 24.2 Å². The number of oxazole rings is 1. The van der Waals surface area contributed by atoms with Crippen LogP contribution in [-0.4, -0.2) is 19.9 Å². The van der Waals surface area contributed by atoms with Gasteiger partial charge in [0.15, 0.2) is 11.3 Å². The fourth-order valence-electron chi connectivity index (χ4n) is 3.25. The van der Waals surface area contributed by atoms with Gasteiger partial charge in [-0.15, -0.1) is 0 Å². The molecule has 4 aromatic rings. The number of carbonyl (C=O) groups is 1. The van der Waals surface area contributed by atoms with E-state index in [1.54, 1.807) is 25.2 Å². The molecule has 26 heavy (non-hydrogen) atoms. The summed E-state index contributed by atoms with van der Waals surface area (Å²) in [5.41, 5.74) is 2.90. The molecule has 5 rings (SSSR count). The zero-order valence-corrected chi connectivity index (χ0v) is 14.1. The molecule has 130 valence electrons. The number of hydrogen-bond donors (Lipinski definition) is 1. The molecular weight excluding hydrogens is 332 g/mol. The molecule has 0 atom stereocenters. The van der Waals surface area contributed by atoms with E-state index in [-0.39, 0.29) is 5.91 Å². The van der Waals surface area contributed by atoms with Crippen molar-refractivity contribution in [2.24, 2.45) is 7.05 Å². The van der Waals surface area contributed by atoms with Crippen LogP contribution in [0.15, 0.2) is 51.8 Å². The molecule has 0 unspecified atom stereocenters. The summed E-state index contributed by atoms with van der Waals surface area (Å²) in [6, 6.07) is 10.8. The lowest BCUT2D eigenvalue weighted by Gasteiger charge is -2.04. The molecule has 0 spiro atoms. The molecule has 1 N–H and O–H groups in total. The number of hydrogen-bond acceptors (Lipinski definition) is 4. The predicted octanol–water partition coefficient (Wildman–Crippen LogP) is 2.91. The van der Waals surface area contributed by atoms with Crippen LogP contribution in [0.4, 0.5) is 5.69 Å². The van der Waals surface area contributed by atoms with Crippen LogP contribution in [0.3, 0.4) is 0 Å². The van der Waals surface area contributed by atoms with Gasteiger partial charge in [-0.1, -0.05) is 6.07 Å². The minimum atomic E-state index is -0.433. The van der Waals surface area contributed by atoms with Gasteiger partial charge in [0.25, 0.3) is 5.91 Å². The molecule has 1 amide bonds. The maximum absolute atomic E-state index is 12.8. The maximum atomic E-state index is 12.8. The molecule has 3 heterocycles. The maximum Gasteiger partial charge on any atom is 0.419 e. The van der Waals surface area contributed by atoms with E-state index in [9.17, 15) is 9.59 Å². The highest BCUT2D eigenvalue weighted by Crippen LogP contribution is 2.40. The monoisotopic (exact) mass is 348 g/mol. The average Bonchev–Trinajstić information content (AvgIpc) is 3.36. The summed E-state index contributed by atoms with van der Waals surface area (Å²) in [7, 11) is 1.63. The second kappa shape index (κ2) is 5.32. The first-order valence-corrected chi connectivity index (χ1v) is 8.50. The highest BCUT2D eigenvalue weighted by Gasteiger charge is 2.30. The van der Waals surface area contributed by atoms with E-state index >= 15 is 0 Å². The standard InChI is InChI=1S/C19H16N4O3/c1-22-14-10-12(7-8-15(14)26-19(22)25)20-18(24)16-13-4-2-3-9-23(13)17(21-16)11-5-6-11/h2-4,7-11H,5-6H2,1H3,(H,20,24). The largest absolute Gasteiger partial charge is 0.419 e. The van der Waals surface area contributed by atoms with Gasteiger partial charge in [-0.25, -0.2) is 9.78 Å². The van der Waals surface area contributed by atoms with Crippen LogP contribution in [0.5, 0.6) is 0 Å². The molecule has 0 saturated heterocycles. The van der Waals surface area contributed by atoms with Crippen LogP contribution < -0.4 is 11.1 Å². The van der Waals surface area contributed by atoms with E-state index < -0.39 is 5.76 Å². The molecule has 1 aliphatic carbocycles. The summed E-state index contributed by atoms with van der Waals surface area (Å²) in [6.07, 6.45) is 4.17. The highest BCUT2D eigenvalue weighted by molar-refractivity contribution is 6.08. The highest BCUT2D eigenvalue weighted by atomic mass is 16.4. The van der Waals surface area contributed by atoms with Gasteiger partial charge < -0.3 is 14.1 Å². The molecule has 1 aromatic carbocycles. The lowest BCUT2D eigenvalue weighted by molar-refractivity contribution is 0.102. The van der Waals surface area contributed by atoms with Gasteiger partial charge in [-0.2, -0.15) is 0 Å². The van der Waals surface area contributed by atoms with Crippen molar-refractivity contribution in [3.8, 4) is 0 Å². The third-order valence-electron chi connectivity index (χ3n) is 4.78. The number of amides is 1. The number of rotatable bonds is 3. The van der Waals surface area contributed by atoms with Crippen molar-refractivity contribution in [2.45, 2.75) is 18.8 Å². The van der Waals surface area contributed by atoms with Crippen molar-refractivity contribution in [3.05, 3.63) is 64.7 Å². The van der Waals surface area contributed by atoms with Gasteiger partial charge in [0.1, 0.15) is 5.82 Å². The van der Waals surface area contributed by atoms with E-state index in [0.29, 0.717) is 28.4 Å². The van der Waals surface area contributed by atoms with Crippen molar-refractivity contribution in [2.75, 3.05) is 5.32 Å². The molecule has 7 heteroatoms. The second-order valence-electron chi connectivity index (χ2n) is 6.61. The van der Waals surface area contributed by atoms with Gasteiger partial charge in [-0.3, -0.25) is 9.36 Å². The molecule has 7 nitrogen and oxygen atoms in total. The van der Waals surface area contributed by atoms with Gasteiger partial charge in [0.2, 0.25) is 0 Å². The molecule has 3 aromatic heterocycles. The predicted molar refractivity (Wildman–Crippen MR) is 96.6 cm³/mol. The average molecular weight is 348 g/mol. The molecule has 0 radical (unpaired) electrons. The third kappa shape index (κ3) is 2.24. The van der Waals surface area contributed by atoms with Crippen molar-refractivity contribution in [1.82, 2.24) is 14.0 Å². The summed E-state index contributed by atoms with van der Waals surface area (Å²) in [4.78, 5) is 29.0. The number of aromatic nitrogens is 3. The van der Waals surface area contributed by atoms with Crippen molar-refractivity contribution >= 4 is 28.2 Å². The van der Waals surface area contributed by atoms with Gasteiger partial charge >= 0.3 is 5.76 Å². The van der Waals surface area contributed by atoms with Crippen LogP contribution in [-0.2, 0) is 7.05 Å². The van der Waals surface area contributed by atoms with Crippen LogP contribution in [0, 0.1) is 0 Å². The third-order valence-corrected chi connectivity index (χ3v) is 4.78. The number of nitrogens with one attached hydrogen (secondary N) is 1. The van der Waals surface area contributed by atoms with E-state index in [2.05, 4.69) is 10.3 Å². The second-order valence-corrected chi connectivity index (χ2v) is 6.61. The molecule has 1 aliphatic rings. The minimum absolute atomic E-state index is 0.270. The van der Waals surface area contributed by atoms with Crippen LogP contribution in [0.2, 0.25) is 0 Å². The molecule has 1 saturated carbocycles. The Labute approximate surface area is 147 Å². The van der Waals surface area contributed by atoms with Crippen LogP contribution >= 0.6 is 0 Å². The van der Waals surface area contributed by atoms with Crippen molar-refractivity contribution in [3.63, 3.8) is 0 Å².